The molecule has 1 amide bonds. The summed E-state index contributed by atoms with van der Waals surface area (Å²) in [5, 5.41) is 15.8. The monoisotopic (exact) mass is 302 g/mol. The van der Waals surface area contributed by atoms with Crippen LogP contribution in [0.5, 0.6) is 0 Å². The molecule has 1 atom stereocenters. The normalized spacial score (nSPS) is 18.6. The quantitative estimate of drug-likeness (QED) is 0.922. The zero-order valence-electron chi connectivity index (χ0n) is 13.1. The fraction of sp³-hybridized carbons (Fsp3) is 0.600. The second-order valence-corrected chi connectivity index (χ2v) is 5.81. The predicted octanol–water partition coefficient (Wildman–Crippen LogP) is 1.32. The zero-order chi connectivity index (χ0) is 15.5. The summed E-state index contributed by atoms with van der Waals surface area (Å²) in [5.41, 5.74) is 0.756. The van der Waals surface area contributed by atoms with Gasteiger partial charge in [-0.2, -0.15) is 4.52 Å². The standard InChI is InChI=1S/C15H22N6O/c1-3-5-15(22)16-12-6-4-9-20(10-12)14-8-7-13-18-17-11(2)21(13)19-14/h7-8,12H,3-6,9-10H2,1-2H3,(H,16,22). The molecule has 1 aliphatic rings. The SMILES string of the molecule is CCCC(=O)NC1CCCN(c2ccc3nnc(C)n3n2)C1. The third kappa shape index (κ3) is 3.03. The highest BCUT2D eigenvalue weighted by Gasteiger charge is 2.22. The Morgan fingerprint density at radius 1 is 1.41 bits per heavy atom. The maximum atomic E-state index is 11.8. The van der Waals surface area contributed by atoms with E-state index in [1.54, 1.807) is 4.52 Å². The van der Waals surface area contributed by atoms with Crippen LogP contribution in [0.25, 0.3) is 5.65 Å². The molecule has 3 rings (SSSR count). The molecule has 1 saturated heterocycles. The van der Waals surface area contributed by atoms with Crippen molar-refractivity contribution in [1.29, 1.82) is 0 Å². The lowest BCUT2D eigenvalue weighted by Crippen LogP contribution is -2.48. The average molecular weight is 302 g/mol. The molecule has 0 radical (unpaired) electrons. The van der Waals surface area contributed by atoms with Crippen LogP contribution in [0.4, 0.5) is 5.82 Å². The van der Waals surface area contributed by atoms with E-state index in [1.807, 2.05) is 26.0 Å². The van der Waals surface area contributed by atoms with E-state index in [0.29, 0.717) is 6.42 Å². The van der Waals surface area contributed by atoms with Crippen molar-refractivity contribution in [3.8, 4) is 0 Å². The number of aryl methyl sites for hydroxylation is 1. The summed E-state index contributed by atoms with van der Waals surface area (Å²) in [6.07, 6.45) is 3.56. The fourth-order valence-electron chi connectivity index (χ4n) is 2.89. The second kappa shape index (κ2) is 6.29. The van der Waals surface area contributed by atoms with Crippen LogP contribution in [-0.4, -0.2) is 44.8 Å². The Morgan fingerprint density at radius 2 is 2.27 bits per heavy atom. The van der Waals surface area contributed by atoms with Gasteiger partial charge in [0, 0.05) is 25.6 Å². The summed E-state index contributed by atoms with van der Waals surface area (Å²) < 4.78 is 1.76. The van der Waals surface area contributed by atoms with Gasteiger partial charge in [0.1, 0.15) is 5.82 Å². The highest BCUT2D eigenvalue weighted by molar-refractivity contribution is 5.76. The molecule has 0 spiro atoms. The molecule has 1 unspecified atom stereocenters. The van der Waals surface area contributed by atoms with Crippen molar-refractivity contribution in [2.24, 2.45) is 0 Å². The number of hydrogen-bond acceptors (Lipinski definition) is 5. The van der Waals surface area contributed by atoms with Gasteiger partial charge in [-0.1, -0.05) is 6.92 Å². The van der Waals surface area contributed by atoms with Crippen LogP contribution in [0, 0.1) is 6.92 Å². The first-order valence-corrected chi connectivity index (χ1v) is 7.90. The number of piperidine rings is 1. The molecule has 3 heterocycles. The van der Waals surface area contributed by atoms with Crippen molar-refractivity contribution >= 4 is 17.4 Å². The summed E-state index contributed by atoms with van der Waals surface area (Å²) >= 11 is 0. The van der Waals surface area contributed by atoms with Gasteiger partial charge in [0.2, 0.25) is 5.91 Å². The van der Waals surface area contributed by atoms with E-state index in [4.69, 9.17) is 0 Å². The van der Waals surface area contributed by atoms with E-state index in [1.165, 1.54) is 0 Å². The highest BCUT2D eigenvalue weighted by atomic mass is 16.1. The molecule has 0 aliphatic carbocycles. The predicted molar refractivity (Wildman–Crippen MR) is 83.8 cm³/mol. The molecule has 0 saturated carbocycles. The lowest BCUT2D eigenvalue weighted by Gasteiger charge is -2.33. The van der Waals surface area contributed by atoms with Crippen LogP contribution in [0.15, 0.2) is 12.1 Å². The topological polar surface area (TPSA) is 75.4 Å². The Hall–Kier alpha value is -2.18. The van der Waals surface area contributed by atoms with E-state index < -0.39 is 0 Å². The van der Waals surface area contributed by atoms with Gasteiger partial charge in [-0.05, 0) is 38.3 Å². The van der Waals surface area contributed by atoms with Crippen molar-refractivity contribution in [1.82, 2.24) is 25.1 Å². The number of hydrogen-bond donors (Lipinski definition) is 1. The third-order valence-corrected chi connectivity index (χ3v) is 3.99. The molecule has 2 aromatic heterocycles. The molecule has 1 fully saturated rings. The van der Waals surface area contributed by atoms with E-state index in [2.05, 4.69) is 25.5 Å². The number of fused-ring (bicyclic) bond motifs is 1. The van der Waals surface area contributed by atoms with Gasteiger partial charge >= 0.3 is 0 Å². The first-order valence-electron chi connectivity index (χ1n) is 7.90. The van der Waals surface area contributed by atoms with Crippen molar-refractivity contribution in [2.75, 3.05) is 18.0 Å². The zero-order valence-corrected chi connectivity index (χ0v) is 13.1. The van der Waals surface area contributed by atoms with E-state index in [9.17, 15) is 4.79 Å². The first kappa shape index (κ1) is 14.7. The van der Waals surface area contributed by atoms with Crippen LogP contribution in [0.2, 0.25) is 0 Å². The molecule has 1 aliphatic heterocycles. The number of rotatable bonds is 4. The molecule has 7 nitrogen and oxygen atoms in total. The van der Waals surface area contributed by atoms with Crippen molar-refractivity contribution in [3.05, 3.63) is 18.0 Å². The number of carbonyl (C=O) groups is 1. The Balaban J connectivity index is 1.72. The molecule has 0 bridgehead atoms. The summed E-state index contributed by atoms with van der Waals surface area (Å²) in [4.78, 5) is 14.0. The van der Waals surface area contributed by atoms with Gasteiger partial charge in [0.25, 0.3) is 0 Å². The minimum absolute atomic E-state index is 0.146. The van der Waals surface area contributed by atoms with Gasteiger partial charge < -0.3 is 10.2 Å². The Labute approximate surface area is 129 Å². The van der Waals surface area contributed by atoms with Crippen molar-refractivity contribution in [3.63, 3.8) is 0 Å². The number of amides is 1. The summed E-state index contributed by atoms with van der Waals surface area (Å²) in [6.45, 7) is 5.67. The lowest BCUT2D eigenvalue weighted by atomic mass is 10.1. The molecule has 0 aromatic carbocycles. The van der Waals surface area contributed by atoms with Crippen LogP contribution < -0.4 is 10.2 Å². The van der Waals surface area contributed by atoms with Gasteiger partial charge in [0.15, 0.2) is 11.5 Å². The number of aromatic nitrogens is 4. The maximum absolute atomic E-state index is 11.8. The summed E-state index contributed by atoms with van der Waals surface area (Å²) in [6, 6.07) is 4.11. The number of nitrogens with one attached hydrogen (secondary N) is 1. The number of nitrogens with zero attached hydrogens (tertiary/aromatic N) is 5. The van der Waals surface area contributed by atoms with Crippen LogP contribution in [0.1, 0.15) is 38.4 Å². The largest absolute Gasteiger partial charge is 0.353 e. The molecule has 22 heavy (non-hydrogen) atoms. The van der Waals surface area contributed by atoms with Gasteiger partial charge in [0.05, 0.1) is 0 Å². The highest BCUT2D eigenvalue weighted by Crippen LogP contribution is 2.18. The fourth-order valence-corrected chi connectivity index (χ4v) is 2.89. The van der Waals surface area contributed by atoms with Gasteiger partial charge in [-0.3, -0.25) is 4.79 Å². The molecule has 2 aromatic rings. The average Bonchev–Trinajstić information content (AvgIpc) is 2.89. The van der Waals surface area contributed by atoms with Crippen LogP contribution in [0.3, 0.4) is 0 Å². The third-order valence-electron chi connectivity index (χ3n) is 3.99. The molecular weight excluding hydrogens is 280 g/mol. The minimum atomic E-state index is 0.146. The second-order valence-electron chi connectivity index (χ2n) is 5.81. The van der Waals surface area contributed by atoms with Gasteiger partial charge in [-0.25, -0.2) is 0 Å². The van der Waals surface area contributed by atoms with Crippen LogP contribution in [-0.2, 0) is 4.79 Å². The number of anilines is 1. The number of carbonyl (C=O) groups excluding carboxylic acids is 1. The molecule has 7 heteroatoms. The smallest absolute Gasteiger partial charge is 0.220 e. The van der Waals surface area contributed by atoms with E-state index in [-0.39, 0.29) is 11.9 Å². The molecule has 118 valence electrons. The van der Waals surface area contributed by atoms with Crippen molar-refractivity contribution in [2.45, 2.75) is 45.6 Å². The Morgan fingerprint density at radius 3 is 3.09 bits per heavy atom. The summed E-state index contributed by atoms with van der Waals surface area (Å²) in [7, 11) is 0. The first-order chi connectivity index (χ1) is 10.7. The minimum Gasteiger partial charge on any atom is -0.353 e. The summed E-state index contributed by atoms with van der Waals surface area (Å²) in [5.74, 6) is 1.83. The van der Waals surface area contributed by atoms with Gasteiger partial charge in [-0.15, -0.1) is 15.3 Å². The lowest BCUT2D eigenvalue weighted by molar-refractivity contribution is -0.121. The molecular formula is C15H22N6O. The van der Waals surface area contributed by atoms with E-state index in [0.717, 1.165) is 49.6 Å². The van der Waals surface area contributed by atoms with E-state index >= 15 is 0 Å². The Bertz CT molecular complexity index is 667. The maximum Gasteiger partial charge on any atom is 0.220 e. The van der Waals surface area contributed by atoms with Crippen molar-refractivity contribution < 1.29 is 4.79 Å². The molecule has 1 N–H and O–H groups in total. The Kier molecular flexibility index (Phi) is 4.22. The van der Waals surface area contributed by atoms with Crippen LogP contribution >= 0.6 is 0 Å².